The lowest BCUT2D eigenvalue weighted by Crippen LogP contribution is -2.36. The highest BCUT2D eigenvalue weighted by molar-refractivity contribution is 8.09. The lowest BCUT2D eigenvalue weighted by molar-refractivity contribution is 0.313. The van der Waals surface area contributed by atoms with Gasteiger partial charge in [0.1, 0.15) is 0 Å². The summed E-state index contributed by atoms with van der Waals surface area (Å²) in [5.41, 5.74) is -0.899. The Balaban J connectivity index is 3.20. The normalized spacial score (nSPS) is 14.9. The second-order valence-corrected chi connectivity index (χ2v) is 9.51. The zero-order chi connectivity index (χ0) is 17.1. The number of nitrogens with one attached hydrogen (secondary N) is 1. The second kappa shape index (κ2) is 7.41. The Kier molecular flexibility index (Phi) is 6.59. The van der Waals surface area contributed by atoms with Gasteiger partial charge in [-0.05, 0) is 53.3 Å². The highest BCUT2D eigenvalue weighted by Crippen LogP contribution is 2.46. The Morgan fingerprint density at radius 1 is 1.50 bits per heavy atom. The molecule has 1 atom stereocenters. The van der Waals surface area contributed by atoms with Crippen LogP contribution in [-0.2, 0) is 21.9 Å². The van der Waals surface area contributed by atoms with Gasteiger partial charge in [0.15, 0.2) is 10.8 Å². The Labute approximate surface area is 141 Å². The summed E-state index contributed by atoms with van der Waals surface area (Å²) in [7, 11) is 0. The number of aromatic nitrogens is 2. The zero-order valence-corrected chi connectivity index (χ0v) is 16.2. The Morgan fingerprint density at radius 2 is 2.09 bits per heavy atom. The van der Waals surface area contributed by atoms with Crippen LogP contribution < -0.4 is 15.2 Å². The van der Waals surface area contributed by atoms with Crippen molar-refractivity contribution in [2.45, 2.75) is 53.1 Å². The standard InChI is InChI=1S/C13H23ClN3O3PS/c1-7-19-21(22,16-9(2)3)20-10-8-15-17(13(4,5)6)12(18)11(10)14/h8-9H,7H2,1-6H3,(H,16,22)/t21-/m1/s1. The predicted molar refractivity (Wildman–Crippen MR) is 93.3 cm³/mol. The summed E-state index contributed by atoms with van der Waals surface area (Å²) in [6.45, 7) is 8.88. The van der Waals surface area contributed by atoms with E-state index in [1.165, 1.54) is 10.9 Å². The fourth-order valence-corrected chi connectivity index (χ4v) is 4.63. The molecule has 0 radical (unpaired) electrons. The lowest BCUT2D eigenvalue weighted by Gasteiger charge is -2.26. The number of rotatable bonds is 6. The van der Waals surface area contributed by atoms with Crippen molar-refractivity contribution in [1.82, 2.24) is 14.9 Å². The highest BCUT2D eigenvalue weighted by atomic mass is 35.5. The van der Waals surface area contributed by atoms with Gasteiger partial charge in [-0.3, -0.25) is 4.79 Å². The maximum atomic E-state index is 12.3. The number of hydrogen-bond acceptors (Lipinski definition) is 5. The molecule has 0 aliphatic carbocycles. The molecule has 0 amide bonds. The lowest BCUT2D eigenvalue weighted by atomic mass is 10.1. The topological polar surface area (TPSA) is 65.4 Å². The molecular formula is C13H23ClN3O3PS. The van der Waals surface area contributed by atoms with Crippen LogP contribution >= 0.6 is 18.2 Å². The molecule has 0 unspecified atom stereocenters. The van der Waals surface area contributed by atoms with E-state index in [9.17, 15) is 4.79 Å². The van der Waals surface area contributed by atoms with Crippen molar-refractivity contribution in [3.63, 3.8) is 0 Å². The molecule has 0 aliphatic rings. The molecule has 1 rings (SSSR count). The van der Waals surface area contributed by atoms with Crippen LogP contribution in [0.25, 0.3) is 0 Å². The van der Waals surface area contributed by atoms with Crippen LogP contribution in [0.5, 0.6) is 5.75 Å². The maximum absolute atomic E-state index is 12.3. The van der Waals surface area contributed by atoms with Crippen molar-refractivity contribution in [3.8, 4) is 5.75 Å². The molecule has 1 N–H and O–H groups in total. The van der Waals surface area contributed by atoms with Gasteiger partial charge in [-0.15, -0.1) is 0 Å². The first kappa shape index (κ1) is 19.6. The van der Waals surface area contributed by atoms with Crippen molar-refractivity contribution in [2.75, 3.05) is 6.61 Å². The first-order valence-corrected chi connectivity index (χ1v) is 10.0. The molecule has 6 nitrogen and oxygen atoms in total. The van der Waals surface area contributed by atoms with Crippen molar-refractivity contribution in [1.29, 1.82) is 0 Å². The van der Waals surface area contributed by atoms with Crippen molar-refractivity contribution < 1.29 is 9.05 Å². The smallest absolute Gasteiger partial charge is 0.313 e. The minimum absolute atomic E-state index is 0.0515. The summed E-state index contributed by atoms with van der Waals surface area (Å²) in [4.78, 5) is 12.3. The van der Waals surface area contributed by atoms with Crippen molar-refractivity contribution >= 4 is 30.1 Å². The SMILES string of the molecule is CCO[P@](=S)(NC(C)C)Oc1cnn(C(C)(C)C)c(=O)c1Cl. The van der Waals surface area contributed by atoms with Crippen LogP contribution in [-0.4, -0.2) is 22.4 Å². The van der Waals surface area contributed by atoms with Gasteiger partial charge >= 0.3 is 6.64 Å². The van der Waals surface area contributed by atoms with E-state index in [1.54, 1.807) is 0 Å². The van der Waals surface area contributed by atoms with E-state index in [0.29, 0.717) is 6.61 Å². The molecule has 0 saturated heterocycles. The summed E-state index contributed by atoms with van der Waals surface area (Å²) in [5, 5.41) is 7.15. The average molecular weight is 368 g/mol. The molecular weight excluding hydrogens is 345 g/mol. The van der Waals surface area contributed by atoms with E-state index in [1.807, 2.05) is 41.5 Å². The summed E-state index contributed by atoms with van der Waals surface area (Å²) >= 11 is 11.6. The highest BCUT2D eigenvalue weighted by Gasteiger charge is 2.26. The third-order valence-corrected chi connectivity index (χ3v) is 5.53. The van der Waals surface area contributed by atoms with Crippen LogP contribution in [0.2, 0.25) is 5.02 Å². The first-order valence-electron chi connectivity index (χ1n) is 7.00. The van der Waals surface area contributed by atoms with Crippen LogP contribution in [0.3, 0.4) is 0 Å². The van der Waals surface area contributed by atoms with Crippen molar-refractivity contribution in [2.24, 2.45) is 0 Å². The largest absolute Gasteiger partial charge is 0.429 e. The van der Waals surface area contributed by atoms with E-state index in [-0.39, 0.29) is 16.8 Å². The number of hydrogen-bond donors (Lipinski definition) is 1. The number of halogens is 1. The van der Waals surface area contributed by atoms with Crippen molar-refractivity contribution in [3.05, 3.63) is 21.6 Å². The van der Waals surface area contributed by atoms with Gasteiger partial charge in [-0.1, -0.05) is 11.6 Å². The molecule has 0 bridgehead atoms. The van der Waals surface area contributed by atoms with Gasteiger partial charge in [0, 0.05) is 6.04 Å². The van der Waals surface area contributed by atoms with E-state index in [4.69, 9.17) is 32.5 Å². The molecule has 1 aromatic heterocycles. The summed E-state index contributed by atoms with van der Waals surface area (Å²) < 4.78 is 12.6. The van der Waals surface area contributed by atoms with Gasteiger partial charge in [0.2, 0.25) is 0 Å². The Bertz CT molecular complexity index is 628. The Hall–Kier alpha value is -0.460. The Morgan fingerprint density at radius 3 is 2.55 bits per heavy atom. The van der Waals surface area contributed by atoms with Crippen LogP contribution in [0, 0.1) is 0 Å². The molecule has 9 heteroatoms. The summed E-state index contributed by atoms with van der Waals surface area (Å²) in [6, 6.07) is 0.0686. The zero-order valence-electron chi connectivity index (χ0n) is 13.7. The third-order valence-electron chi connectivity index (χ3n) is 2.46. The molecule has 126 valence electrons. The minimum Gasteiger partial charge on any atom is -0.429 e. The quantitative estimate of drug-likeness (QED) is 0.778. The second-order valence-electron chi connectivity index (χ2n) is 6.00. The fourth-order valence-electron chi connectivity index (χ4n) is 1.66. The summed E-state index contributed by atoms with van der Waals surface area (Å²) in [5.74, 6) is 0.136. The third kappa shape index (κ3) is 5.03. The molecule has 0 aliphatic heterocycles. The van der Waals surface area contributed by atoms with E-state index >= 15 is 0 Å². The number of nitrogens with zero attached hydrogens (tertiary/aromatic N) is 2. The van der Waals surface area contributed by atoms with Crippen LogP contribution in [0.4, 0.5) is 0 Å². The monoisotopic (exact) mass is 367 g/mol. The van der Waals surface area contributed by atoms with Gasteiger partial charge in [0.25, 0.3) is 5.56 Å². The molecule has 0 saturated carbocycles. The molecule has 0 aromatic carbocycles. The van der Waals surface area contributed by atoms with E-state index in [0.717, 1.165) is 0 Å². The predicted octanol–water partition coefficient (Wildman–Crippen LogP) is 3.29. The fraction of sp³-hybridized carbons (Fsp3) is 0.692. The summed E-state index contributed by atoms with van der Waals surface area (Å²) in [6.07, 6.45) is 1.40. The molecule has 0 fully saturated rings. The van der Waals surface area contributed by atoms with Gasteiger partial charge in [0.05, 0.1) is 18.3 Å². The van der Waals surface area contributed by atoms with Crippen LogP contribution in [0.15, 0.2) is 11.0 Å². The van der Waals surface area contributed by atoms with Gasteiger partial charge in [-0.2, -0.15) is 5.10 Å². The van der Waals surface area contributed by atoms with Crippen LogP contribution in [0.1, 0.15) is 41.5 Å². The average Bonchev–Trinajstić information content (AvgIpc) is 2.32. The maximum Gasteiger partial charge on any atom is 0.313 e. The molecule has 0 spiro atoms. The minimum atomic E-state index is -2.79. The molecule has 1 aromatic rings. The van der Waals surface area contributed by atoms with Gasteiger partial charge < -0.3 is 9.05 Å². The van der Waals surface area contributed by atoms with E-state index in [2.05, 4.69) is 10.2 Å². The van der Waals surface area contributed by atoms with Gasteiger partial charge in [-0.25, -0.2) is 9.77 Å². The molecule has 22 heavy (non-hydrogen) atoms. The first-order chi connectivity index (χ1) is 10.00. The molecule has 1 heterocycles. The van der Waals surface area contributed by atoms with E-state index < -0.39 is 17.7 Å².